The zero-order chi connectivity index (χ0) is 12.4. The third-order valence-corrected chi connectivity index (χ3v) is 2.94. The summed E-state index contributed by atoms with van der Waals surface area (Å²) in [5.41, 5.74) is 2.10. The molecule has 0 spiro atoms. The van der Waals surface area contributed by atoms with Gasteiger partial charge in [0.25, 0.3) is 0 Å². The Hall–Kier alpha value is -1.38. The lowest BCUT2D eigenvalue weighted by Gasteiger charge is -2.13. The summed E-state index contributed by atoms with van der Waals surface area (Å²) in [6, 6.07) is 11.3. The Balaban J connectivity index is 2.40. The number of rotatable bonds is 2. The Morgan fingerprint density at radius 1 is 1.18 bits per heavy atom. The largest absolute Gasteiger partial charge is 0.384 e. The molecule has 3 heteroatoms. The first-order valence-electron chi connectivity index (χ1n) is 5.27. The van der Waals surface area contributed by atoms with Crippen LogP contribution in [0, 0.1) is 12.7 Å². The maximum absolute atomic E-state index is 13.1. The summed E-state index contributed by atoms with van der Waals surface area (Å²) in [6.45, 7) is 1.92. The van der Waals surface area contributed by atoms with Gasteiger partial charge in [-0.1, -0.05) is 35.9 Å². The van der Waals surface area contributed by atoms with Crippen LogP contribution in [0.5, 0.6) is 0 Å². The molecule has 0 aliphatic carbocycles. The van der Waals surface area contributed by atoms with Crippen LogP contribution in [0.1, 0.15) is 22.8 Å². The first kappa shape index (κ1) is 12.1. The highest BCUT2D eigenvalue weighted by molar-refractivity contribution is 6.31. The summed E-state index contributed by atoms with van der Waals surface area (Å²) in [4.78, 5) is 0. The lowest BCUT2D eigenvalue weighted by molar-refractivity contribution is 0.220. The Kier molecular flexibility index (Phi) is 3.46. The van der Waals surface area contributed by atoms with Crippen LogP contribution in [-0.4, -0.2) is 5.11 Å². The van der Waals surface area contributed by atoms with Crippen LogP contribution >= 0.6 is 11.6 Å². The Morgan fingerprint density at radius 2 is 1.94 bits per heavy atom. The zero-order valence-electron chi connectivity index (χ0n) is 9.32. The van der Waals surface area contributed by atoms with Gasteiger partial charge in [-0.25, -0.2) is 4.39 Å². The second-order valence-electron chi connectivity index (χ2n) is 3.98. The summed E-state index contributed by atoms with van der Waals surface area (Å²) in [7, 11) is 0. The number of halogens is 2. The highest BCUT2D eigenvalue weighted by Crippen LogP contribution is 2.29. The van der Waals surface area contributed by atoms with Gasteiger partial charge in [0.2, 0.25) is 0 Å². The van der Waals surface area contributed by atoms with Crippen molar-refractivity contribution in [1.29, 1.82) is 0 Å². The molecule has 0 saturated carbocycles. The van der Waals surface area contributed by atoms with E-state index >= 15 is 0 Å². The molecule has 2 rings (SSSR count). The van der Waals surface area contributed by atoms with Crippen molar-refractivity contribution in [3.63, 3.8) is 0 Å². The van der Waals surface area contributed by atoms with Gasteiger partial charge in [0, 0.05) is 10.6 Å². The highest BCUT2D eigenvalue weighted by Gasteiger charge is 2.14. The van der Waals surface area contributed by atoms with Crippen molar-refractivity contribution in [2.45, 2.75) is 13.0 Å². The molecular formula is C14H12ClFO. The van der Waals surface area contributed by atoms with E-state index in [2.05, 4.69) is 0 Å². The fourth-order valence-corrected chi connectivity index (χ4v) is 2.05. The van der Waals surface area contributed by atoms with Gasteiger partial charge in [0.05, 0.1) is 0 Å². The minimum atomic E-state index is -0.904. The van der Waals surface area contributed by atoms with Gasteiger partial charge < -0.3 is 5.11 Å². The number of benzene rings is 2. The van der Waals surface area contributed by atoms with Crippen molar-refractivity contribution in [3.05, 3.63) is 70.0 Å². The quantitative estimate of drug-likeness (QED) is 0.858. The SMILES string of the molecule is Cc1ccc(C(O)c2cccc(F)c2)c(Cl)c1. The smallest absolute Gasteiger partial charge is 0.123 e. The molecule has 88 valence electrons. The van der Waals surface area contributed by atoms with E-state index in [-0.39, 0.29) is 5.82 Å². The van der Waals surface area contributed by atoms with Gasteiger partial charge in [0.15, 0.2) is 0 Å². The summed E-state index contributed by atoms with van der Waals surface area (Å²) >= 11 is 6.06. The molecule has 0 saturated heterocycles. The Morgan fingerprint density at radius 3 is 2.59 bits per heavy atom. The monoisotopic (exact) mass is 250 g/mol. The summed E-state index contributed by atoms with van der Waals surface area (Å²) in [5, 5.41) is 10.6. The van der Waals surface area contributed by atoms with Gasteiger partial charge in [-0.2, -0.15) is 0 Å². The lowest BCUT2D eigenvalue weighted by Crippen LogP contribution is -2.01. The van der Waals surface area contributed by atoms with Gasteiger partial charge in [-0.15, -0.1) is 0 Å². The van der Waals surface area contributed by atoms with Gasteiger partial charge in [-0.05, 0) is 36.2 Å². The fraction of sp³-hybridized carbons (Fsp3) is 0.143. The molecule has 0 aromatic heterocycles. The third-order valence-electron chi connectivity index (χ3n) is 2.61. The Labute approximate surface area is 104 Å². The molecule has 1 N–H and O–H groups in total. The highest BCUT2D eigenvalue weighted by atomic mass is 35.5. The van der Waals surface area contributed by atoms with Crippen molar-refractivity contribution in [2.75, 3.05) is 0 Å². The molecule has 0 bridgehead atoms. The van der Waals surface area contributed by atoms with Gasteiger partial charge >= 0.3 is 0 Å². The van der Waals surface area contributed by atoms with Gasteiger partial charge in [0.1, 0.15) is 11.9 Å². The zero-order valence-corrected chi connectivity index (χ0v) is 10.1. The molecule has 17 heavy (non-hydrogen) atoms. The number of hydrogen-bond acceptors (Lipinski definition) is 1. The van der Waals surface area contributed by atoms with E-state index in [1.807, 2.05) is 13.0 Å². The van der Waals surface area contributed by atoms with Crippen molar-refractivity contribution in [1.82, 2.24) is 0 Å². The minimum absolute atomic E-state index is 0.371. The van der Waals surface area contributed by atoms with Crippen LogP contribution in [-0.2, 0) is 0 Å². The summed E-state index contributed by atoms with van der Waals surface area (Å²) in [6.07, 6.45) is -0.904. The molecule has 0 radical (unpaired) electrons. The van der Waals surface area contributed by atoms with Crippen molar-refractivity contribution in [2.24, 2.45) is 0 Å². The van der Waals surface area contributed by atoms with Crippen molar-refractivity contribution < 1.29 is 9.50 Å². The molecule has 2 aromatic rings. The number of aryl methyl sites for hydroxylation is 1. The normalized spacial score (nSPS) is 12.5. The van der Waals surface area contributed by atoms with E-state index in [1.54, 1.807) is 24.3 Å². The number of aliphatic hydroxyl groups is 1. The van der Waals surface area contributed by atoms with E-state index in [0.29, 0.717) is 16.1 Å². The van der Waals surface area contributed by atoms with Crippen LogP contribution in [0.3, 0.4) is 0 Å². The first-order valence-corrected chi connectivity index (χ1v) is 5.65. The second kappa shape index (κ2) is 4.86. The van der Waals surface area contributed by atoms with Gasteiger partial charge in [-0.3, -0.25) is 0 Å². The Bertz CT molecular complexity index is 539. The van der Waals surface area contributed by atoms with Crippen LogP contribution in [0.15, 0.2) is 42.5 Å². The molecule has 0 amide bonds. The topological polar surface area (TPSA) is 20.2 Å². The fourth-order valence-electron chi connectivity index (χ4n) is 1.71. The molecular weight excluding hydrogens is 239 g/mol. The van der Waals surface area contributed by atoms with Crippen LogP contribution in [0.4, 0.5) is 4.39 Å². The second-order valence-corrected chi connectivity index (χ2v) is 4.39. The van der Waals surface area contributed by atoms with E-state index < -0.39 is 6.10 Å². The molecule has 1 atom stereocenters. The van der Waals surface area contributed by atoms with E-state index in [4.69, 9.17) is 11.6 Å². The maximum atomic E-state index is 13.1. The molecule has 2 aromatic carbocycles. The van der Waals surface area contributed by atoms with Crippen molar-refractivity contribution in [3.8, 4) is 0 Å². The molecule has 0 aliphatic rings. The molecule has 1 nitrogen and oxygen atoms in total. The number of hydrogen-bond donors (Lipinski definition) is 1. The van der Waals surface area contributed by atoms with E-state index in [9.17, 15) is 9.50 Å². The average molecular weight is 251 g/mol. The van der Waals surface area contributed by atoms with Crippen LogP contribution in [0.2, 0.25) is 5.02 Å². The first-order chi connectivity index (χ1) is 8.08. The summed E-state index contributed by atoms with van der Waals surface area (Å²) < 4.78 is 13.1. The van der Waals surface area contributed by atoms with E-state index in [1.165, 1.54) is 12.1 Å². The lowest BCUT2D eigenvalue weighted by atomic mass is 10.0. The maximum Gasteiger partial charge on any atom is 0.123 e. The van der Waals surface area contributed by atoms with Crippen molar-refractivity contribution >= 4 is 11.6 Å². The van der Waals surface area contributed by atoms with Crippen LogP contribution in [0.25, 0.3) is 0 Å². The minimum Gasteiger partial charge on any atom is -0.384 e. The molecule has 0 fully saturated rings. The molecule has 0 heterocycles. The predicted octanol–water partition coefficient (Wildman–Crippen LogP) is 3.87. The van der Waals surface area contributed by atoms with E-state index in [0.717, 1.165) is 5.56 Å². The number of aliphatic hydroxyl groups excluding tert-OH is 1. The average Bonchev–Trinajstić information content (AvgIpc) is 2.28. The standard InChI is InChI=1S/C14H12ClFO/c1-9-5-6-12(13(15)7-9)14(17)10-3-2-4-11(16)8-10/h2-8,14,17H,1H3. The molecule has 1 unspecified atom stereocenters. The van der Waals surface area contributed by atoms with Crippen LogP contribution < -0.4 is 0 Å². The summed E-state index contributed by atoms with van der Waals surface area (Å²) in [5.74, 6) is -0.371. The third kappa shape index (κ3) is 2.65. The predicted molar refractivity (Wildman–Crippen MR) is 66.7 cm³/mol. The molecule has 0 aliphatic heterocycles.